The molecular weight excluding hydrogens is 1100 g/mol. The van der Waals surface area contributed by atoms with Crippen LogP contribution in [0.4, 0.5) is 0 Å². The third kappa shape index (κ3) is 35.2. The first-order valence-electron chi connectivity index (χ1n) is 29.6. The van der Waals surface area contributed by atoms with Crippen LogP contribution < -0.4 is 0 Å². The molecule has 0 atom stereocenters. The molecule has 14 nitrogen and oxygen atoms in total. The van der Waals surface area contributed by atoms with Crippen molar-refractivity contribution in [3.63, 3.8) is 0 Å². The van der Waals surface area contributed by atoms with Crippen molar-refractivity contribution in [3.8, 4) is 0 Å². The molecule has 0 radical (unpaired) electrons. The maximum Gasteiger partial charge on any atom is 0.500 e. The predicted octanol–water partition coefficient (Wildman–Crippen LogP) is 16.0. The highest BCUT2D eigenvalue weighted by Gasteiger charge is 2.53. The quantitative estimate of drug-likeness (QED) is 0.0248. The van der Waals surface area contributed by atoms with Crippen LogP contribution in [-0.2, 0) is 62.0 Å². The van der Waals surface area contributed by atoms with Crippen LogP contribution in [0.2, 0.25) is 132 Å². The number of hydrogen-bond donors (Lipinski definition) is 0. The van der Waals surface area contributed by atoms with Gasteiger partial charge in [0.1, 0.15) is 0 Å². The van der Waals surface area contributed by atoms with Crippen molar-refractivity contribution in [2.45, 2.75) is 261 Å². The molecule has 0 rings (SSSR count). The highest BCUT2D eigenvalue weighted by molar-refractivity contribution is 6.91. The van der Waals surface area contributed by atoms with Gasteiger partial charge >= 0.3 is 35.2 Å². The van der Waals surface area contributed by atoms with Gasteiger partial charge in [-0.2, -0.15) is 0 Å². The van der Waals surface area contributed by atoms with Crippen molar-refractivity contribution in [2.75, 3.05) is 77.2 Å². The van der Waals surface area contributed by atoms with E-state index in [4.69, 9.17) is 62.0 Å². The van der Waals surface area contributed by atoms with E-state index in [0.29, 0.717) is 6.61 Å². The molecule has 0 aliphatic rings. The van der Waals surface area contributed by atoms with E-state index in [1.165, 1.54) is 114 Å². The first kappa shape index (κ1) is 76.4. The minimum atomic E-state index is -3.30. The average molecular weight is 1230 g/mol. The SMILES string of the molecule is CCOOCCCCCCCCCCC[Si](C)(C)CCCCCCCC[Si](C)(C)CCC[Si](O[Si](C)(C)CCC[Si](OC)(OC)OC)(O[Si](C)(C)CCC[Si](OC)(OC)OC)O[Si](C)(C)CCC[Si](OC)(OC)OC. The van der Waals surface area contributed by atoms with Gasteiger partial charge in [-0.1, -0.05) is 147 Å². The zero-order valence-electron chi connectivity index (χ0n) is 52.8. The third-order valence-electron chi connectivity index (χ3n) is 15.5. The molecule has 75 heavy (non-hydrogen) atoms. The Morgan fingerprint density at radius 2 is 0.453 bits per heavy atom. The van der Waals surface area contributed by atoms with Crippen molar-refractivity contribution in [2.24, 2.45) is 0 Å². The van der Waals surface area contributed by atoms with Crippen LogP contribution in [0.25, 0.3) is 0 Å². The Balaban J connectivity index is 5.87. The van der Waals surface area contributed by atoms with Gasteiger partial charge in [0.2, 0.25) is 0 Å². The summed E-state index contributed by atoms with van der Waals surface area (Å²) in [5, 5.41) is 0. The van der Waals surface area contributed by atoms with Gasteiger partial charge in [-0.25, -0.2) is 9.78 Å². The lowest BCUT2D eigenvalue weighted by Crippen LogP contribution is -2.62. The average Bonchev–Trinajstić information content (AvgIpc) is 3.35. The third-order valence-corrected chi connectivity index (χ3v) is 46.8. The lowest BCUT2D eigenvalue weighted by atomic mass is 10.1. The smallest absolute Gasteiger partial charge is 0.417 e. The lowest BCUT2D eigenvalue weighted by Gasteiger charge is -2.45. The van der Waals surface area contributed by atoms with Crippen LogP contribution in [0.15, 0.2) is 0 Å². The molecule has 0 heterocycles. The zero-order valence-corrected chi connectivity index (χ0v) is 61.8. The molecule has 0 amide bonds. The predicted molar refractivity (Wildman–Crippen MR) is 335 cm³/mol. The summed E-state index contributed by atoms with van der Waals surface area (Å²) in [7, 11) is -6.02. The van der Waals surface area contributed by atoms with Crippen LogP contribution >= 0.6 is 0 Å². The molecule has 0 N–H and O–H groups in total. The zero-order chi connectivity index (χ0) is 57.0. The van der Waals surface area contributed by atoms with E-state index in [1.807, 2.05) is 6.92 Å². The first-order chi connectivity index (χ1) is 35.3. The molecule has 0 spiro atoms. The fourth-order valence-corrected chi connectivity index (χ4v) is 40.3. The van der Waals surface area contributed by atoms with E-state index in [2.05, 4.69) is 65.5 Å². The van der Waals surface area contributed by atoms with E-state index in [9.17, 15) is 0 Å². The Labute approximate surface area is 473 Å². The molecule has 0 saturated carbocycles. The van der Waals surface area contributed by atoms with E-state index in [1.54, 1.807) is 64.0 Å². The molecule has 0 unspecified atom stereocenters. The molecule has 0 aromatic carbocycles. The Morgan fingerprint density at radius 3 is 0.720 bits per heavy atom. The summed E-state index contributed by atoms with van der Waals surface area (Å²) < 4.78 is 75.8. The second kappa shape index (κ2) is 40.6. The molecule has 0 aliphatic heterocycles. The van der Waals surface area contributed by atoms with Crippen LogP contribution in [0.5, 0.6) is 0 Å². The van der Waals surface area contributed by atoms with Gasteiger partial charge in [0.25, 0.3) is 0 Å². The lowest BCUT2D eigenvalue weighted by molar-refractivity contribution is -0.291. The van der Waals surface area contributed by atoms with E-state index in [-0.39, 0.29) is 0 Å². The summed E-state index contributed by atoms with van der Waals surface area (Å²) in [5.74, 6) is 0. The van der Waals surface area contributed by atoms with Gasteiger partial charge in [-0.3, -0.25) is 0 Å². The Kier molecular flexibility index (Phi) is 41.3. The van der Waals surface area contributed by atoms with Gasteiger partial charge < -0.3 is 52.2 Å². The van der Waals surface area contributed by atoms with Crippen molar-refractivity contribution in [1.82, 2.24) is 0 Å². The summed E-state index contributed by atoms with van der Waals surface area (Å²) in [6.07, 6.45) is 24.1. The molecule has 0 aliphatic carbocycles. The number of unbranched alkanes of at least 4 members (excludes halogenated alkanes) is 13. The standard InChI is InChI=1S/C52H124O14Si9/c1-21-62-63-41-33-29-25-23-22-24-26-30-34-42-67(11,12)43-35-31-27-28-32-36-44-68(13,14)45-37-52-75(64-69(15,16)46-38-49-72(53-2,54-3)55-4,65-70(17,18)47-39-50-73(56-5,57-6)58-7)66-71(19,20)48-40-51-74(59-8,60-9)61-10/h21-52H2,1-20H3. The number of rotatable bonds is 54. The molecule has 0 bridgehead atoms. The maximum absolute atomic E-state index is 7.75. The summed E-state index contributed by atoms with van der Waals surface area (Å²) >= 11 is 0. The fourth-order valence-electron chi connectivity index (χ4n) is 10.6. The van der Waals surface area contributed by atoms with E-state index >= 15 is 0 Å². The van der Waals surface area contributed by atoms with Gasteiger partial charge in [0.15, 0.2) is 25.0 Å². The second-order valence-electron chi connectivity index (χ2n) is 24.7. The minimum Gasteiger partial charge on any atom is -0.417 e. The normalized spacial score (nSPS) is 13.9. The summed E-state index contributed by atoms with van der Waals surface area (Å²) in [4.78, 5) is 10.1. The second-order valence-corrected chi connectivity index (χ2v) is 61.0. The van der Waals surface area contributed by atoms with Gasteiger partial charge in [-0.15, -0.1) is 0 Å². The fraction of sp³-hybridized carbons (Fsp3) is 1.00. The molecule has 0 aromatic rings. The van der Waals surface area contributed by atoms with E-state index < -0.39 is 76.3 Å². The Morgan fingerprint density at radius 1 is 0.227 bits per heavy atom. The molecule has 452 valence electrons. The van der Waals surface area contributed by atoms with Crippen LogP contribution in [0, 0.1) is 0 Å². The molecular formula is C52H124O14Si9. The largest absolute Gasteiger partial charge is 0.500 e. The monoisotopic (exact) mass is 1220 g/mol. The van der Waals surface area contributed by atoms with Crippen LogP contribution in [-0.4, -0.2) is 154 Å². The van der Waals surface area contributed by atoms with Crippen molar-refractivity contribution >= 4 is 76.3 Å². The van der Waals surface area contributed by atoms with Crippen molar-refractivity contribution in [3.05, 3.63) is 0 Å². The van der Waals surface area contributed by atoms with Crippen LogP contribution in [0.3, 0.4) is 0 Å². The molecule has 0 aromatic heterocycles. The Hall–Kier alpha value is 1.39. The highest BCUT2D eigenvalue weighted by atomic mass is 28.5. The van der Waals surface area contributed by atoms with Gasteiger partial charge in [0, 0.05) is 104 Å². The molecule has 0 saturated heterocycles. The number of hydrogen-bond acceptors (Lipinski definition) is 14. The van der Waals surface area contributed by atoms with Crippen LogP contribution in [0.1, 0.15) is 129 Å². The first-order valence-corrected chi connectivity index (χ1v) is 53.5. The molecule has 23 heteroatoms. The van der Waals surface area contributed by atoms with Crippen molar-refractivity contribution < 1.29 is 62.0 Å². The van der Waals surface area contributed by atoms with Gasteiger partial charge in [-0.05, 0) is 90.0 Å². The summed E-state index contributed by atoms with van der Waals surface area (Å²) in [6, 6.07) is 11.4. The summed E-state index contributed by atoms with van der Waals surface area (Å²) in [6.45, 7) is 27.9. The van der Waals surface area contributed by atoms with Gasteiger partial charge in [0.05, 0.1) is 13.2 Å². The Bertz CT molecular complexity index is 1260. The minimum absolute atomic E-state index is 0.630. The van der Waals surface area contributed by atoms with Crippen molar-refractivity contribution in [1.29, 1.82) is 0 Å². The topological polar surface area (TPSA) is 129 Å². The maximum atomic E-state index is 7.75. The highest BCUT2D eigenvalue weighted by Crippen LogP contribution is 2.38. The van der Waals surface area contributed by atoms with E-state index in [0.717, 1.165) is 81.0 Å². The summed E-state index contributed by atoms with van der Waals surface area (Å²) in [5.41, 5.74) is 0. The molecule has 0 fully saturated rings.